The molecule has 0 spiro atoms. The summed E-state index contributed by atoms with van der Waals surface area (Å²) < 4.78 is 7.63. The maximum absolute atomic E-state index is 5.83. The zero-order chi connectivity index (χ0) is 19.8. The van der Waals surface area contributed by atoms with Gasteiger partial charge in [0.1, 0.15) is 0 Å². The van der Waals surface area contributed by atoms with Gasteiger partial charge in [-0.05, 0) is 50.2 Å². The Morgan fingerprint density at radius 2 is 1.90 bits per heavy atom. The van der Waals surface area contributed by atoms with E-state index in [0.717, 1.165) is 40.1 Å². The molecule has 0 aliphatic carbocycles. The van der Waals surface area contributed by atoms with Crippen molar-refractivity contribution in [1.82, 2.24) is 19.6 Å². The number of ether oxygens (including phenoxy) is 1. The summed E-state index contributed by atoms with van der Waals surface area (Å²) in [5, 5.41) is 8.79. The van der Waals surface area contributed by atoms with Crippen molar-refractivity contribution in [3.63, 3.8) is 0 Å². The molecular formula is C21H22N6OS. The first-order valence-corrected chi connectivity index (χ1v) is 10.5. The van der Waals surface area contributed by atoms with Crippen molar-refractivity contribution in [2.24, 2.45) is 0 Å². The predicted octanol–water partition coefficient (Wildman–Crippen LogP) is 4.21. The van der Waals surface area contributed by atoms with Crippen LogP contribution in [-0.2, 0) is 4.74 Å². The second kappa shape index (κ2) is 7.46. The highest BCUT2D eigenvalue weighted by molar-refractivity contribution is 7.20. The molecule has 1 aromatic carbocycles. The molecule has 1 aliphatic heterocycles. The van der Waals surface area contributed by atoms with Gasteiger partial charge in [0.05, 0.1) is 24.1 Å². The molecule has 0 saturated carbocycles. The number of aromatic nitrogens is 4. The lowest BCUT2D eigenvalue weighted by molar-refractivity contribution is -0.00521. The third-order valence-electron chi connectivity index (χ3n) is 4.90. The summed E-state index contributed by atoms with van der Waals surface area (Å²) >= 11 is 1.52. The second-order valence-electron chi connectivity index (χ2n) is 7.34. The van der Waals surface area contributed by atoms with E-state index in [9.17, 15) is 0 Å². The molecule has 0 bridgehead atoms. The summed E-state index contributed by atoms with van der Waals surface area (Å²) in [7, 11) is 0. The fourth-order valence-corrected chi connectivity index (χ4v) is 4.47. The summed E-state index contributed by atoms with van der Waals surface area (Å²) in [6, 6.07) is 12.4. The summed E-state index contributed by atoms with van der Waals surface area (Å²) in [5.74, 6) is 0. The average Bonchev–Trinajstić information content (AvgIpc) is 3.27. The Bertz CT molecular complexity index is 1070. The van der Waals surface area contributed by atoms with E-state index >= 15 is 0 Å². The maximum Gasteiger partial charge on any atom is 0.214 e. The van der Waals surface area contributed by atoms with Gasteiger partial charge >= 0.3 is 0 Å². The van der Waals surface area contributed by atoms with E-state index in [1.807, 2.05) is 24.5 Å². The first-order chi connectivity index (χ1) is 14.1. The van der Waals surface area contributed by atoms with Gasteiger partial charge in [0, 0.05) is 42.4 Å². The summed E-state index contributed by atoms with van der Waals surface area (Å²) in [6.07, 6.45) is 5.99. The molecule has 1 aliphatic rings. The molecule has 4 heterocycles. The quantitative estimate of drug-likeness (QED) is 0.548. The van der Waals surface area contributed by atoms with Gasteiger partial charge in [0.15, 0.2) is 0 Å². The fraction of sp³-hybridized carbons (Fsp3) is 0.286. The Balaban J connectivity index is 1.30. The molecule has 7 nitrogen and oxygen atoms in total. The molecule has 3 aromatic heterocycles. The van der Waals surface area contributed by atoms with Gasteiger partial charge in [-0.25, -0.2) is 9.50 Å². The number of fused-ring (bicyclic) bond motifs is 1. The SMILES string of the molecule is C[C@@H]1CN(c2ccc(Nc3nn4cc(-c5cccnc5)nc4s3)cc2)C[C@H](C)O1. The highest BCUT2D eigenvalue weighted by Gasteiger charge is 2.22. The third-order valence-corrected chi connectivity index (χ3v) is 5.74. The molecule has 5 rings (SSSR count). The molecular weight excluding hydrogens is 384 g/mol. The number of morpholine rings is 1. The average molecular weight is 407 g/mol. The lowest BCUT2D eigenvalue weighted by Crippen LogP contribution is -2.45. The van der Waals surface area contributed by atoms with E-state index in [1.54, 1.807) is 10.7 Å². The van der Waals surface area contributed by atoms with Gasteiger partial charge in [0.2, 0.25) is 10.1 Å². The summed E-state index contributed by atoms with van der Waals surface area (Å²) in [6.45, 7) is 6.08. The first-order valence-electron chi connectivity index (χ1n) is 9.68. The number of hydrogen-bond acceptors (Lipinski definition) is 7. The number of nitrogens with zero attached hydrogens (tertiary/aromatic N) is 5. The fourth-order valence-electron chi connectivity index (χ4n) is 3.67. The number of anilines is 3. The number of pyridine rings is 1. The normalized spacial score (nSPS) is 19.6. The Hall–Kier alpha value is -2.97. The zero-order valence-electron chi connectivity index (χ0n) is 16.3. The third kappa shape index (κ3) is 3.81. The van der Waals surface area contributed by atoms with Crippen molar-refractivity contribution < 1.29 is 4.74 Å². The van der Waals surface area contributed by atoms with Gasteiger partial charge in [-0.2, -0.15) is 0 Å². The van der Waals surface area contributed by atoms with E-state index in [2.05, 4.69) is 63.4 Å². The molecule has 0 amide bonds. The standard InChI is InChI=1S/C21H22N6OS/c1-14-11-26(12-15(2)28-14)18-7-5-17(6-8-18)23-20-25-27-13-19(24-21(27)29-20)16-4-3-9-22-10-16/h3-10,13-15H,11-12H2,1-2H3,(H,23,25)/t14-,15+. The topological polar surface area (TPSA) is 67.6 Å². The van der Waals surface area contributed by atoms with Crippen molar-refractivity contribution in [3.05, 3.63) is 55.0 Å². The zero-order valence-corrected chi connectivity index (χ0v) is 17.1. The van der Waals surface area contributed by atoms with Crippen molar-refractivity contribution in [2.75, 3.05) is 23.3 Å². The minimum atomic E-state index is 0.250. The van der Waals surface area contributed by atoms with E-state index in [0.29, 0.717) is 0 Å². The molecule has 8 heteroatoms. The van der Waals surface area contributed by atoms with Crippen LogP contribution in [0.1, 0.15) is 13.8 Å². The molecule has 0 unspecified atom stereocenters. The maximum atomic E-state index is 5.83. The van der Waals surface area contributed by atoms with Crippen LogP contribution in [0.4, 0.5) is 16.5 Å². The van der Waals surface area contributed by atoms with Crippen molar-refractivity contribution in [2.45, 2.75) is 26.1 Å². The van der Waals surface area contributed by atoms with Crippen LogP contribution in [0.15, 0.2) is 55.0 Å². The van der Waals surface area contributed by atoms with Crippen molar-refractivity contribution in [1.29, 1.82) is 0 Å². The molecule has 1 fully saturated rings. The van der Waals surface area contributed by atoms with Crippen LogP contribution in [0.2, 0.25) is 0 Å². The van der Waals surface area contributed by atoms with Crippen LogP contribution >= 0.6 is 11.3 Å². The number of rotatable bonds is 4. The van der Waals surface area contributed by atoms with Crippen LogP contribution < -0.4 is 10.2 Å². The van der Waals surface area contributed by atoms with E-state index < -0.39 is 0 Å². The summed E-state index contributed by atoms with van der Waals surface area (Å²) in [4.78, 5) is 12.0. The van der Waals surface area contributed by atoms with Crippen molar-refractivity contribution in [3.8, 4) is 11.3 Å². The van der Waals surface area contributed by atoms with E-state index in [1.165, 1.54) is 17.0 Å². The lowest BCUT2D eigenvalue weighted by Gasteiger charge is -2.36. The Kier molecular flexibility index (Phi) is 4.65. The van der Waals surface area contributed by atoms with Gasteiger partial charge in [-0.1, -0.05) is 11.3 Å². The molecule has 1 saturated heterocycles. The van der Waals surface area contributed by atoms with Crippen molar-refractivity contribution >= 4 is 32.8 Å². The minimum Gasteiger partial charge on any atom is -0.372 e. The second-order valence-corrected chi connectivity index (χ2v) is 8.29. The van der Waals surface area contributed by atoms with Crippen LogP contribution in [0.3, 0.4) is 0 Å². The predicted molar refractivity (Wildman–Crippen MR) is 116 cm³/mol. The number of hydrogen-bond donors (Lipinski definition) is 1. The Morgan fingerprint density at radius 3 is 2.59 bits per heavy atom. The number of imidazole rings is 1. The van der Waals surface area contributed by atoms with Gasteiger partial charge in [-0.3, -0.25) is 4.98 Å². The largest absolute Gasteiger partial charge is 0.372 e. The Labute approximate surface area is 173 Å². The lowest BCUT2D eigenvalue weighted by atomic mass is 10.2. The summed E-state index contributed by atoms with van der Waals surface area (Å²) in [5.41, 5.74) is 4.09. The van der Waals surface area contributed by atoms with Gasteiger partial charge in [0.25, 0.3) is 0 Å². The Morgan fingerprint density at radius 1 is 1.10 bits per heavy atom. The first kappa shape index (κ1) is 18.1. The van der Waals surface area contributed by atoms with Gasteiger partial charge in [-0.15, -0.1) is 5.10 Å². The van der Waals surface area contributed by atoms with E-state index in [4.69, 9.17) is 4.74 Å². The highest BCUT2D eigenvalue weighted by atomic mass is 32.1. The molecule has 2 atom stereocenters. The number of benzene rings is 1. The monoisotopic (exact) mass is 406 g/mol. The van der Waals surface area contributed by atoms with E-state index in [-0.39, 0.29) is 12.2 Å². The van der Waals surface area contributed by atoms with Crippen LogP contribution in [0.25, 0.3) is 16.2 Å². The molecule has 148 valence electrons. The molecule has 0 radical (unpaired) electrons. The number of nitrogens with one attached hydrogen (secondary N) is 1. The van der Waals surface area contributed by atoms with Crippen LogP contribution in [-0.4, -0.2) is 44.9 Å². The van der Waals surface area contributed by atoms with Crippen LogP contribution in [0, 0.1) is 0 Å². The van der Waals surface area contributed by atoms with Gasteiger partial charge < -0.3 is 15.0 Å². The van der Waals surface area contributed by atoms with Crippen LogP contribution in [0.5, 0.6) is 0 Å². The molecule has 1 N–H and O–H groups in total. The highest BCUT2D eigenvalue weighted by Crippen LogP contribution is 2.28. The smallest absolute Gasteiger partial charge is 0.214 e. The molecule has 4 aromatic rings. The molecule has 29 heavy (non-hydrogen) atoms. The minimum absolute atomic E-state index is 0.250.